The number of amides is 1. The molecule has 4 rings (SSSR count). The predicted octanol–water partition coefficient (Wildman–Crippen LogP) is 2.12. The third-order valence-electron chi connectivity index (χ3n) is 4.52. The average Bonchev–Trinajstić information content (AvgIpc) is 3.03. The minimum Gasteiger partial charge on any atom is -0.379 e. The number of aromatic nitrogens is 3. The van der Waals surface area contributed by atoms with E-state index in [0.717, 1.165) is 43.1 Å². The molecule has 0 aliphatic carbocycles. The van der Waals surface area contributed by atoms with Gasteiger partial charge in [0, 0.05) is 32.0 Å². The van der Waals surface area contributed by atoms with Crippen molar-refractivity contribution in [3.05, 3.63) is 59.8 Å². The van der Waals surface area contributed by atoms with Crippen LogP contribution in [0.1, 0.15) is 21.9 Å². The molecule has 3 aromatic heterocycles. The normalized spacial score (nSPS) is 15.3. The highest BCUT2D eigenvalue weighted by Crippen LogP contribution is 2.20. The Kier molecular flexibility index (Phi) is 4.64. The van der Waals surface area contributed by atoms with Gasteiger partial charge in [-0.1, -0.05) is 12.1 Å². The summed E-state index contributed by atoms with van der Waals surface area (Å²) >= 11 is 0. The highest BCUT2D eigenvalue weighted by molar-refractivity contribution is 6.02. The number of hydrogen-bond donors (Lipinski definition) is 1. The van der Waals surface area contributed by atoms with E-state index >= 15 is 0 Å². The zero-order valence-corrected chi connectivity index (χ0v) is 14.7. The van der Waals surface area contributed by atoms with E-state index in [1.807, 2.05) is 41.8 Å². The fourth-order valence-electron chi connectivity index (χ4n) is 3.25. The number of hydrogen-bond acceptors (Lipinski definition) is 5. The zero-order chi connectivity index (χ0) is 17.9. The number of nitrogens with one attached hydrogen (secondary N) is 1. The molecule has 0 spiro atoms. The lowest BCUT2D eigenvalue weighted by atomic mass is 10.2. The summed E-state index contributed by atoms with van der Waals surface area (Å²) in [6.07, 6.45) is 3.53. The van der Waals surface area contributed by atoms with Crippen molar-refractivity contribution in [2.45, 2.75) is 13.5 Å². The van der Waals surface area contributed by atoms with Gasteiger partial charge in [-0.15, -0.1) is 0 Å². The first-order valence-corrected chi connectivity index (χ1v) is 8.71. The lowest BCUT2D eigenvalue weighted by Crippen LogP contribution is -2.35. The summed E-state index contributed by atoms with van der Waals surface area (Å²) in [5.41, 5.74) is 3.00. The molecule has 0 bridgehead atoms. The van der Waals surface area contributed by atoms with Crippen molar-refractivity contribution in [1.29, 1.82) is 0 Å². The van der Waals surface area contributed by atoms with Crippen LogP contribution in [0.4, 0.5) is 5.82 Å². The van der Waals surface area contributed by atoms with Gasteiger partial charge in [-0.2, -0.15) is 0 Å². The van der Waals surface area contributed by atoms with Crippen LogP contribution in [0, 0.1) is 6.92 Å². The monoisotopic (exact) mass is 351 g/mol. The van der Waals surface area contributed by atoms with E-state index in [9.17, 15) is 4.79 Å². The van der Waals surface area contributed by atoms with E-state index in [1.165, 1.54) is 0 Å². The number of pyridine rings is 2. The first-order chi connectivity index (χ1) is 12.7. The Morgan fingerprint density at radius 2 is 2.08 bits per heavy atom. The number of aryl methyl sites for hydroxylation is 1. The van der Waals surface area contributed by atoms with Gasteiger partial charge >= 0.3 is 0 Å². The van der Waals surface area contributed by atoms with E-state index in [0.29, 0.717) is 18.2 Å². The third-order valence-corrected chi connectivity index (χ3v) is 4.52. The molecule has 0 atom stereocenters. The molecule has 7 nitrogen and oxygen atoms in total. The summed E-state index contributed by atoms with van der Waals surface area (Å²) < 4.78 is 7.28. The Hall–Kier alpha value is -2.77. The quantitative estimate of drug-likeness (QED) is 0.780. The number of ether oxygens (including phenoxy) is 1. The molecule has 26 heavy (non-hydrogen) atoms. The van der Waals surface area contributed by atoms with Gasteiger partial charge in [0.1, 0.15) is 5.82 Å². The zero-order valence-electron chi connectivity index (χ0n) is 14.7. The number of carbonyl (C=O) groups excluding carboxylic acids is 1. The van der Waals surface area contributed by atoms with Gasteiger partial charge in [0.25, 0.3) is 5.91 Å². The number of carbonyl (C=O) groups is 1. The van der Waals surface area contributed by atoms with Crippen LogP contribution >= 0.6 is 0 Å². The lowest BCUT2D eigenvalue weighted by Gasteiger charge is -2.25. The molecular formula is C19H21N5O2. The maximum atomic E-state index is 12.8. The van der Waals surface area contributed by atoms with Crippen LogP contribution in [0.25, 0.3) is 5.52 Å². The van der Waals surface area contributed by atoms with Crippen molar-refractivity contribution in [3.63, 3.8) is 0 Å². The summed E-state index contributed by atoms with van der Waals surface area (Å²) in [5.74, 6) is 0.617. The second-order valence-corrected chi connectivity index (χ2v) is 6.35. The molecule has 3 aromatic rings. The second-order valence-electron chi connectivity index (χ2n) is 6.35. The molecule has 1 aliphatic heterocycles. The Bertz CT molecular complexity index is 916. The molecule has 0 unspecified atom stereocenters. The molecule has 1 fully saturated rings. The Morgan fingerprint density at radius 3 is 2.85 bits per heavy atom. The molecule has 7 heteroatoms. The van der Waals surface area contributed by atoms with E-state index in [-0.39, 0.29) is 5.91 Å². The fraction of sp³-hybridized carbons (Fsp3) is 0.316. The standard InChI is InChI=1S/C19H21N5O2/c1-14-5-4-8-24-17(14)15(13-23-9-11-26-12-10-23)21-18(24)19(25)22-16-6-2-3-7-20-16/h2-8H,9-13H2,1H3,(H,20,22,25). The topological polar surface area (TPSA) is 71.8 Å². The largest absolute Gasteiger partial charge is 0.379 e. The number of anilines is 1. The molecule has 134 valence electrons. The van der Waals surface area contributed by atoms with Crippen molar-refractivity contribution in [2.24, 2.45) is 0 Å². The van der Waals surface area contributed by atoms with Crippen LogP contribution in [-0.2, 0) is 11.3 Å². The number of fused-ring (bicyclic) bond motifs is 1. The van der Waals surface area contributed by atoms with E-state index in [4.69, 9.17) is 4.74 Å². The number of morpholine rings is 1. The highest BCUT2D eigenvalue weighted by Gasteiger charge is 2.21. The summed E-state index contributed by atoms with van der Waals surface area (Å²) in [6, 6.07) is 9.37. The van der Waals surface area contributed by atoms with E-state index in [1.54, 1.807) is 12.3 Å². The average molecular weight is 351 g/mol. The minimum absolute atomic E-state index is 0.266. The van der Waals surface area contributed by atoms with Gasteiger partial charge in [0.05, 0.1) is 24.4 Å². The molecule has 1 saturated heterocycles. The van der Waals surface area contributed by atoms with Crippen molar-refractivity contribution < 1.29 is 9.53 Å². The second kappa shape index (κ2) is 7.23. The molecule has 0 radical (unpaired) electrons. The first kappa shape index (κ1) is 16.7. The maximum Gasteiger partial charge on any atom is 0.293 e. The first-order valence-electron chi connectivity index (χ1n) is 8.71. The lowest BCUT2D eigenvalue weighted by molar-refractivity contribution is 0.0338. The van der Waals surface area contributed by atoms with Gasteiger partial charge in [-0.3, -0.25) is 14.1 Å². The predicted molar refractivity (Wildman–Crippen MR) is 98.2 cm³/mol. The molecule has 1 N–H and O–H groups in total. The fourth-order valence-corrected chi connectivity index (χ4v) is 3.25. The van der Waals surface area contributed by atoms with Crippen molar-refractivity contribution in [2.75, 3.05) is 31.6 Å². The number of nitrogens with zero attached hydrogens (tertiary/aromatic N) is 4. The minimum atomic E-state index is -0.266. The molecular weight excluding hydrogens is 330 g/mol. The Balaban J connectivity index is 1.68. The van der Waals surface area contributed by atoms with Crippen LogP contribution in [-0.4, -0.2) is 51.5 Å². The van der Waals surface area contributed by atoms with Crippen LogP contribution < -0.4 is 5.32 Å². The van der Waals surface area contributed by atoms with Gasteiger partial charge in [-0.25, -0.2) is 9.97 Å². The third kappa shape index (κ3) is 3.31. The molecule has 0 saturated carbocycles. The Morgan fingerprint density at radius 1 is 1.23 bits per heavy atom. The molecule has 1 aliphatic rings. The van der Waals surface area contributed by atoms with Crippen molar-refractivity contribution in [1.82, 2.24) is 19.3 Å². The van der Waals surface area contributed by atoms with E-state index < -0.39 is 0 Å². The van der Waals surface area contributed by atoms with Crippen molar-refractivity contribution >= 4 is 17.2 Å². The van der Waals surface area contributed by atoms with Crippen LogP contribution in [0.3, 0.4) is 0 Å². The van der Waals surface area contributed by atoms with Gasteiger partial charge < -0.3 is 10.1 Å². The van der Waals surface area contributed by atoms with Crippen molar-refractivity contribution in [3.8, 4) is 0 Å². The van der Waals surface area contributed by atoms with Gasteiger partial charge in [-0.05, 0) is 30.7 Å². The number of rotatable bonds is 4. The molecule has 4 heterocycles. The summed E-state index contributed by atoms with van der Waals surface area (Å²) in [7, 11) is 0. The van der Waals surface area contributed by atoms with E-state index in [2.05, 4.69) is 20.2 Å². The summed E-state index contributed by atoms with van der Waals surface area (Å²) in [4.78, 5) is 23.9. The smallest absolute Gasteiger partial charge is 0.293 e. The van der Waals surface area contributed by atoms with Crippen LogP contribution in [0.5, 0.6) is 0 Å². The molecule has 0 aromatic carbocycles. The Labute approximate surface area is 151 Å². The molecule has 1 amide bonds. The summed E-state index contributed by atoms with van der Waals surface area (Å²) in [5, 5.41) is 2.82. The maximum absolute atomic E-state index is 12.8. The van der Waals surface area contributed by atoms with Gasteiger partial charge in [0.15, 0.2) is 0 Å². The van der Waals surface area contributed by atoms with Gasteiger partial charge in [0.2, 0.25) is 5.82 Å². The van der Waals surface area contributed by atoms with Crippen LogP contribution in [0.2, 0.25) is 0 Å². The summed E-state index contributed by atoms with van der Waals surface area (Å²) in [6.45, 7) is 5.96. The van der Waals surface area contributed by atoms with Crippen LogP contribution in [0.15, 0.2) is 42.7 Å². The SMILES string of the molecule is Cc1cccn2c(C(=O)Nc3ccccn3)nc(CN3CCOCC3)c12. The number of imidazole rings is 1. The highest BCUT2D eigenvalue weighted by atomic mass is 16.5.